The number of amides is 1. The average Bonchev–Trinajstić information content (AvgIpc) is 3.11. The monoisotopic (exact) mass is 363 g/mol. The summed E-state index contributed by atoms with van der Waals surface area (Å²) < 4.78 is 49.0. The molecule has 0 aliphatic heterocycles. The van der Waals surface area contributed by atoms with Gasteiger partial charge in [0.25, 0.3) is 5.91 Å². The van der Waals surface area contributed by atoms with Crippen molar-refractivity contribution in [2.75, 3.05) is 13.2 Å². The highest BCUT2D eigenvalue weighted by Gasteiger charge is 2.33. The van der Waals surface area contributed by atoms with Crippen molar-refractivity contribution in [2.24, 2.45) is 0 Å². The van der Waals surface area contributed by atoms with Crippen LogP contribution in [-0.2, 0) is 11.3 Å². The number of carbonyl (C=O) groups is 1. The van der Waals surface area contributed by atoms with Gasteiger partial charge in [-0.1, -0.05) is 36.4 Å². The fraction of sp³-hybridized carbons (Fsp3) is 0.211. The van der Waals surface area contributed by atoms with Crippen LogP contribution in [0.2, 0.25) is 0 Å². The molecule has 136 valence electrons. The van der Waals surface area contributed by atoms with Crippen LogP contribution in [0.3, 0.4) is 0 Å². The molecule has 1 amide bonds. The quantitative estimate of drug-likeness (QED) is 0.652. The summed E-state index contributed by atoms with van der Waals surface area (Å²) >= 11 is 0. The van der Waals surface area contributed by atoms with Crippen LogP contribution >= 0.6 is 0 Å². The van der Waals surface area contributed by atoms with E-state index in [1.807, 2.05) is 30.3 Å². The second-order valence-electron chi connectivity index (χ2n) is 5.71. The molecule has 0 aliphatic carbocycles. The highest BCUT2D eigenvalue weighted by atomic mass is 19.4. The third-order valence-corrected chi connectivity index (χ3v) is 3.75. The second kappa shape index (κ2) is 7.51. The van der Waals surface area contributed by atoms with E-state index in [0.29, 0.717) is 10.6 Å². The van der Waals surface area contributed by atoms with Crippen LogP contribution < -0.4 is 4.74 Å². The van der Waals surface area contributed by atoms with Crippen LogP contribution in [0.15, 0.2) is 65.3 Å². The molecule has 0 unspecified atom stereocenters. The van der Waals surface area contributed by atoms with Crippen molar-refractivity contribution in [3.8, 4) is 5.75 Å². The number of hydrogen-bond acceptors (Lipinski definition) is 3. The van der Waals surface area contributed by atoms with Gasteiger partial charge in [-0.05, 0) is 23.6 Å². The molecule has 2 aromatic carbocycles. The lowest BCUT2D eigenvalue weighted by Gasteiger charge is -2.23. The SMILES string of the molecule is O=C(COc1cccc2ccccc12)N(Cc1ccco1)CC(F)(F)F. The van der Waals surface area contributed by atoms with Gasteiger partial charge in [0.15, 0.2) is 6.61 Å². The fourth-order valence-electron chi connectivity index (χ4n) is 2.59. The minimum absolute atomic E-state index is 0.271. The zero-order valence-electron chi connectivity index (χ0n) is 13.7. The van der Waals surface area contributed by atoms with E-state index in [4.69, 9.17) is 9.15 Å². The van der Waals surface area contributed by atoms with Gasteiger partial charge in [-0.3, -0.25) is 4.79 Å². The van der Waals surface area contributed by atoms with Crippen molar-refractivity contribution in [1.82, 2.24) is 4.90 Å². The first-order valence-electron chi connectivity index (χ1n) is 7.90. The van der Waals surface area contributed by atoms with Crippen molar-refractivity contribution < 1.29 is 27.1 Å². The molecule has 0 saturated carbocycles. The van der Waals surface area contributed by atoms with Crippen LogP contribution in [-0.4, -0.2) is 30.1 Å². The van der Waals surface area contributed by atoms with Crippen LogP contribution in [0.25, 0.3) is 10.8 Å². The molecule has 7 heteroatoms. The Bertz CT molecular complexity index is 870. The number of furan rings is 1. The van der Waals surface area contributed by atoms with Gasteiger partial charge in [0.1, 0.15) is 18.1 Å². The Kier molecular flexibility index (Phi) is 5.16. The maximum Gasteiger partial charge on any atom is 0.406 e. The minimum atomic E-state index is -4.51. The first kappa shape index (κ1) is 17.8. The summed E-state index contributed by atoms with van der Waals surface area (Å²) in [7, 11) is 0. The van der Waals surface area contributed by atoms with Crippen LogP contribution in [0.4, 0.5) is 13.2 Å². The molecule has 3 rings (SSSR count). The van der Waals surface area contributed by atoms with E-state index in [1.165, 1.54) is 12.3 Å². The van der Waals surface area contributed by atoms with Gasteiger partial charge >= 0.3 is 6.18 Å². The topological polar surface area (TPSA) is 42.7 Å². The molecule has 3 aromatic rings. The van der Waals surface area contributed by atoms with E-state index in [1.54, 1.807) is 18.2 Å². The number of hydrogen-bond donors (Lipinski definition) is 0. The number of alkyl halides is 3. The number of fused-ring (bicyclic) bond motifs is 1. The summed E-state index contributed by atoms with van der Waals surface area (Å²) in [6.07, 6.45) is -3.17. The number of benzene rings is 2. The molecule has 0 fully saturated rings. The molecule has 0 spiro atoms. The first-order chi connectivity index (χ1) is 12.4. The Balaban J connectivity index is 1.72. The number of halogens is 3. The molecule has 1 aromatic heterocycles. The number of nitrogens with zero attached hydrogens (tertiary/aromatic N) is 1. The van der Waals surface area contributed by atoms with Gasteiger partial charge in [-0.2, -0.15) is 13.2 Å². The fourth-order valence-corrected chi connectivity index (χ4v) is 2.59. The largest absolute Gasteiger partial charge is 0.483 e. The highest BCUT2D eigenvalue weighted by Crippen LogP contribution is 2.25. The summed E-state index contributed by atoms with van der Waals surface area (Å²) in [4.78, 5) is 13.0. The standard InChI is InChI=1S/C19H16F3NO3/c20-19(21,22)13-23(11-15-7-4-10-25-15)18(24)12-26-17-9-3-6-14-5-1-2-8-16(14)17/h1-10H,11-13H2. The lowest BCUT2D eigenvalue weighted by molar-refractivity contribution is -0.164. The Labute approximate surface area is 147 Å². The normalized spacial score (nSPS) is 11.5. The van der Waals surface area contributed by atoms with Gasteiger partial charge in [-0.25, -0.2) is 0 Å². The second-order valence-corrected chi connectivity index (χ2v) is 5.71. The molecule has 0 radical (unpaired) electrons. The van der Waals surface area contributed by atoms with Crippen molar-refractivity contribution in [1.29, 1.82) is 0 Å². The Hall–Kier alpha value is -2.96. The van der Waals surface area contributed by atoms with Gasteiger partial charge in [0, 0.05) is 5.39 Å². The van der Waals surface area contributed by atoms with Gasteiger partial charge in [-0.15, -0.1) is 0 Å². The number of ether oxygens (including phenoxy) is 1. The summed E-state index contributed by atoms with van der Waals surface area (Å²) in [6.45, 7) is -2.14. The van der Waals surface area contributed by atoms with E-state index in [9.17, 15) is 18.0 Å². The average molecular weight is 363 g/mol. The molecule has 26 heavy (non-hydrogen) atoms. The summed E-state index contributed by atoms with van der Waals surface area (Å²) in [5, 5.41) is 1.70. The molecular weight excluding hydrogens is 347 g/mol. The predicted molar refractivity (Wildman–Crippen MR) is 89.6 cm³/mol. The van der Waals surface area contributed by atoms with E-state index in [0.717, 1.165) is 10.8 Å². The lowest BCUT2D eigenvalue weighted by Crippen LogP contribution is -2.40. The van der Waals surface area contributed by atoms with Gasteiger partial charge < -0.3 is 14.1 Å². The highest BCUT2D eigenvalue weighted by molar-refractivity contribution is 5.88. The van der Waals surface area contributed by atoms with Crippen molar-refractivity contribution in [2.45, 2.75) is 12.7 Å². The molecule has 0 saturated heterocycles. The Morgan fingerprint density at radius 3 is 2.54 bits per heavy atom. The van der Waals surface area contributed by atoms with Crippen LogP contribution in [0.5, 0.6) is 5.75 Å². The van der Waals surface area contributed by atoms with Crippen LogP contribution in [0.1, 0.15) is 5.76 Å². The van der Waals surface area contributed by atoms with E-state index < -0.39 is 25.2 Å². The molecule has 0 bridgehead atoms. The predicted octanol–water partition coefficient (Wildman–Crippen LogP) is 4.40. The summed E-state index contributed by atoms with van der Waals surface area (Å²) in [5.41, 5.74) is 0. The maximum absolute atomic E-state index is 12.8. The van der Waals surface area contributed by atoms with Crippen molar-refractivity contribution in [3.05, 3.63) is 66.6 Å². The third kappa shape index (κ3) is 4.56. The molecule has 4 nitrogen and oxygen atoms in total. The Morgan fingerprint density at radius 1 is 1.04 bits per heavy atom. The zero-order valence-corrected chi connectivity index (χ0v) is 13.7. The number of rotatable bonds is 6. The Morgan fingerprint density at radius 2 is 1.81 bits per heavy atom. The molecule has 0 N–H and O–H groups in total. The van der Waals surface area contributed by atoms with Crippen molar-refractivity contribution in [3.63, 3.8) is 0 Å². The summed E-state index contributed by atoms with van der Waals surface area (Å²) in [5.74, 6) is -0.0548. The van der Waals surface area contributed by atoms with E-state index >= 15 is 0 Å². The molecule has 0 atom stereocenters. The lowest BCUT2D eigenvalue weighted by atomic mass is 10.1. The smallest absolute Gasteiger partial charge is 0.406 e. The first-order valence-corrected chi connectivity index (χ1v) is 7.90. The third-order valence-electron chi connectivity index (χ3n) is 3.75. The van der Waals surface area contributed by atoms with E-state index in [-0.39, 0.29) is 12.3 Å². The van der Waals surface area contributed by atoms with Gasteiger partial charge in [0.05, 0.1) is 12.8 Å². The van der Waals surface area contributed by atoms with Gasteiger partial charge in [0.2, 0.25) is 0 Å². The molecule has 0 aliphatic rings. The van der Waals surface area contributed by atoms with E-state index in [2.05, 4.69) is 0 Å². The maximum atomic E-state index is 12.8. The molecule has 1 heterocycles. The number of carbonyl (C=O) groups excluding carboxylic acids is 1. The van der Waals surface area contributed by atoms with Crippen molar-refractivity contribution >= 4 is 16.7 Å². The van der Waals surface area contributed by atoms with Crippen LogP contribution in [0, 0.1) is 0 Å². The minimum Gasteiger partial charge on any atom is -0.483 e. The molecular formula is C19H16F3NO3. The summed E-state index contributed by atoms with van der Waals surface area (Å²) in [6, 6.07) is 15.8. The zero-order chi connectivity index (χ0) is 18.6.